The minimum absolute atomic E-state index is 0.170. The van der Waals surface area contributed by atoms with Crippen molar-refractivity contribution < 1.29 is 33.3 Å². The Morgan fingerprint density at radius 1 is 0.864 bits per heavy atom. The van der Waals surface area contributed by atoms with E-state index in [4.69, 9.17) is 30.1 Å². The van der Waals surface area contributed by atoms with Crippen molar-refractivity contribution in [3.63, 3.8) is 0 Å². The number of pyridine rings is 1. The summed E-state index contributed by atoms with van der Waals surface area (Å²) in [5.74, 6) is 4.41. The molecule has 0 radical (unpaired) electrons. The number of nitrogens with one attached hydrogen (secondary N) is 5. The minimum Gasteiger partial charge on any atom is -0.492 e. The highest BCUT2D eigenvalue weighted by Gasteiger charge is 2.21. The van der Waals surface area contributed by atoms with Gasteiger partial charge in [-0.15, -0.1) is 6.42 Å². The molecule has 0 spiro atoms. The zero-order valence-electron chi connectivity index (χ0n) is 34.5. The zero-order valence-corrected chi connectivity index (χ0v) is 35.3. The van der Waals surface area contributed by atoms with Crippen LogP contribution in [0.5, 0.6) is 17.2 Å². The highest BCUT2D eigenvalue weighted by Crippen LogP contribution is 2.40. The van der Waals surface area contributed by atoms with E-state index in [0.717, 1.165) is 22.0 Å². The van der Waals surface area contributed by atoms with Gasteiger partial charge in [0.15, 0.2) is 5.75 Å². The average Bonchev–Trinajstić information content (AvgIpc) is 3.21. The summed E-state index contributed by atoms with van der Waals surface area (Å²) in [6, 6.07) is 23.1. The van der Waals surface area contributed by atoms with Gasteiger partial charge < -0.3 is 49.7 Å². The van der Waals surface area contributed by atoms with Gasteiger partial charge in [-0.3, -0.25) is 4.79 Å². The number of carbonyl (C=O) groups excluding carboxylic acids is 2. The summed E-state index contributed by atoms with van der Waals surface area (Å²) in [4.78, 5) is 31.2. The van der Waals surface area contributed by atoms with Crippen molar-refractivity contribution in [2.75, 3.05) is 74.2 Å². The number of methoxy groups -OCH3 is 2. The quantitative estimate of drug-likeness (QED) is 0.0308. The van der Waals surface area contributed by atoms with Gasteiger partial charge in [-0.2, -0.15) is 0 Å². The van der Waals surface area contributed by atoms with Crippen LogP contribution in [0.4, 0.5) is 33.4 Å². The summed E-state index contributed by atoms with van der Waals surface area (Å²) < 4.78 is 31.4. The predicted octanol–water partition coefficient (Wildman–Crippen LogP) is 9.19. The molecular formula is C45H52N6O7S. The predicted molar refractivity (Wildman–Crippen MR) is 238 cm³/mol. The first kappa shape index (κ1) is 44.1. The van der Waals surface area contributed by atoms with Gasteiger partial charge >= 0.3 is 6.03 Å². The van der Waals surface area contributed by atoms with E-state index in [2.05, 4.69) is 57.7 Å². The summed E-state index contributed by atoms with van der Waals surface area (Å²) in [7, 11) is 3.20. The molecule has 5 N–H and O–H groups in total. The number of urea groups is 1. The van der Waals surface area contributed by atoms with Crippen molar-refractivity contribution in [3.05, 3.63) is 102 Å². The number of rotatable bonds is 19. The second-order valence-electron chi connectivity index (χ2n) is 14.5. The van der Waals surface area contributed by atoms with E-state index in [0.29, 0.717) is 84.3 Å². The van der Waals surface area contributed by atoms with Gasteiger partial charge in [0.25, 0.3) is 5.91 Å². The van der Waals surface area contributed by atoms with Gasteiger partial charge in [-0.25, -0.2) is 9.78 Å². The van der Waals surface area contributed by atoms with E-state index in [-0.39, 0.29) is 17.4 Å². The molecule has 0 saturated heterocycles. The number of hydrogen-bond donors (Lipinski definition) is 5. The maximum Gasteiger partial charge on any atom is 0.323 e. The lowest BCUT2D eigenvalue weighted by molar-refractivity contribution is 0.0205. The van der Waals surface area contributed by atoms with E-state index < -0.39 is 6.03 Å². The van der Waals surface area contributed by atoms with Crippen molar-refractivity contribution in [2.24, 2.45) is 0 Å². The molecule has 14 heteroatoms. The van der Waals surface area contributed by atoms with Gasteiger partial charge in [0.1, 0.15) is 17.3 Å². The molecule has 0 fully saturated rings. The number of terminal acetylenes is 1. The zero-order chi connectivity index (χ0) is 42.4. The summed E-state index contributed by atoms with van der Waals surface area (Å²) in [5, 5.41) is 13.8. The fourth-order valence-corrected chi connectivity index (χ4v) is 6.38. The van der Waals surface area contributed by atoms with Gasteiger partial charge in [0, 0.05) is 59.3 Å². The summed E-state index contributed by atoms with van der Waals surface area (Å²) in [6.07, 6.45) is 9.31. The number of amides is 3. The topological polar surface area (TPSA) is 153 Å². The molecule has 310 valence electrons. The molecule has 3 amide bonds. The Hall–Kier alpha value is -5.98. The standard InChI is InChI=1S/C45H52N6O7S/c1-9-30-22-31(43(52)47-29(2)28-57-21-20-56-19-18-54-6)24-33(23-30)48-41-27-34(16-17-46-41)58-40-15-14-37(35-12-10-11-13-36(35)40)49-44(53)50-38-25-32(45(3,4)5)26-39(51-59-8)42(38)55-7/h1,10-17,22-27,29,51H,18-21,28H2,2-8H3,(H,46,48)(H,47,52)(H2,49,50,53). The molecule has 1 atom stereocenters. The molecule has 1 aromatic heterocycles. The monoisotopic (exact) mass is 820 g/mol. The summed E-state index contributed by atoms with van der Waals surface area (Å²) >= 11 is 1.44. The van der Waals surface area contributed by atoms with E-state index in [1.807, 2.05) is 49.6 Å². The summed E-state index contributed by atoms with van der Waals surface area (Å²) in [5.41, 5.74) is 4.24. The molecule has 1 heterocycles. The number of benzene rings is 4. The third kappa shape index (κ3) is 12.5. The molecular weight excluding hydrogens is 769 g/mol. The number of aromatic nitrogens is 1. The van der Waals surface area contributed by atoms with Crippen molar-refractivity contribution in [3.8, 4) is 29.6 Å². The van der Waals surface area contributed by atoms with Crippen LogP contribution in [-0.2, 0) is 19.6 Å². The van der Waals surface area contributed by atoms with E-state index >= 15 is 0 Å². The Kier molecular flexibility index (Phi) is 15.8. The third-order valence-corrected chi connectivity index (χ3v) is 9.32. The number of hydrogen-bond acceptors (Lipinski definition) is 11. The lowest BCUT2D eigenvalue weighted by Crippen LogP contribution is -2.36. The van der Waals surface area contributed by atoms with Crippen molar-refractivity contribution in [1.82, 2.24) is 10.3 Å². The molecule has 0 saturated carbocycles. The van der Waals surface area contributed by atoms with Crippen LogP contribution in [0.25, 0.3) is 10.8 Å². The molecule has 0 aliphatic carbocycles. The minimum atomic E-state index is -0.429. The number of ether oxygens (including phenoxy) is 5. The largest absolute Gasteiger partial charge is 0.492 e. The van der Waals surface area contributed by atoms with E-state index in [9.17, 15) is 9.59 Å². The van der Waals surface area contributed by atoms with Crippen molar-refractivity contribution in [1.29, 1.82) is 0 Å². The number of fused-ring (bicyclic) bond motifs is 1. The normalized spacial score (nSPS) is 11.6. The molecule has 5 rings (SSSR count). The molecule has 1 unspecified atom stereocenters. The van der Waals surface area contributed by atoms with Crippen LogP contribution in [0, 0.1) is 12.3 Å². The van der Waals surface area contributed by atoms with Crippen LogP contribution in [0.2, 0.25) is 0 Å². The number of carbonyl (C=O) groups is 2. The first-order valence-electron chi connectivity index (χ1n) is 19.0. The van der Waals surface area contributed by atoms with E-state index in [1.165, 1.54) is 11.9 Å². The van der Waals surface area contributed by atoms with Crippen LogP contribution in [0.3, 0.4) is 0 Å². The lowest BCUT2D eigenvalue weighted by Gasteiger charge is -2.24. The van der Waals surface area contributed by atoms with E-state index in [1.54, 1.807) is 62.9 Å². The van der Waals surface area contributed by atoms with Gasteiger partial charge in [-0.1, -0.05) is 62.9 Å². The van der Waals surface area contributed by atoms with Crippen molar-refractivity contribution in [2.45, 2.75) is 39.2 Å². The first-order chi connectivity index (χ1) is 28.4. The first-order valence-corrected chi connectivity index (χ1v) is 20.2. The van der Waals surface area contributed by atoms with Crippen molar-refractivity contribution >= 4 is 63.2 Å². The highest BCUT2D eigenvalue weighted by molar-refractivity contribution is 7.99. The maximum atomic E-state index is 13.5. The molecule has 0 aliphatic rings. The van der Waals surface area contributed by atoms with Gasteiger partial charge in [0.05, 0.1) is 57.2 Å². The van der Waals surface area contributed by atoms with Crippen LogP contribution >= 0.6 is 11.9 Å². The van der Waals surface area contributed by atoms with Gasteiger partial charge in [-0.05, 0) is 66.4 Å². The Bertz CT molecular complexity index is 2270. The summed E-state index contributed by atoms with van der Waals surface area (Å²) in [6.45, 7) is 10.4. The average molecular weight is 821 g/mol. The molecule has 13 nitrogen and oxygen atoms in total. The number of nitrogens with zero attached hydrogens (tertiary/aromatic N) is 1. The molecule has 59 heavy (non-hydrogen) atoms. The smallest absolute Gasteiger partial charge is 0.323 e. The van der Waals surface area contributed by atoms with Gasteiger partial charge in [0.2, 0.25) is 0 Å². The Labute approximate surface area is 350 Å². The fourth-order valence-electron chi connectivity index (χ4n) is 6.01. The Morgan fingerprint density at radius 3 is 2.32 bits per heavy atom. The molecule has 5 aromatic rings. The van der Waals surface area contributed by atoms with Crippen LogP contribution in [-0.4, -0.2) is 76.5 Å². The highest BCUT2D eigenvalue weighted by atomic mass is 32.2. The SMILES string of the molecule is C#Cc1cc(Nc2cc(Oc3ccc(NC(=O)Nc4cc(C(C)(C)C)cc(NSC)c4OC)c4ccccc34)ccn2)cc(C(=O)NC(C)COCCOCCOC)c1. The molecule has 4 aromatic carbocycles. The third-order valence-electron chi connectivity index (χ3n) is 8.89. The van der Waals surface area contributed by atoms with Crippen LogP contribution in [0.15, 0.2) is 85.1 Å². The molecule has 0 bridgehead atoms. The molecule has 0 aliphatic heterocycles. The Balaban J connectivity index is 1.27. The fraction of sp³-hybridized carbons (Fsp3) is 0.311. The maximum absolute atomic E-state index is 13.5. The number of anilines is 5. The Morgan fingerprint density at radius 2 is 1.59 bits per heavy atom. The lowest BCUT2D eigenvalue weighted by atomic mass is 9.86. The second-order valence-corrected chi connectivity index (χ2v) is 15.1. The second kappa shape index (κ2) is 21.1. The van der Waals surface area contributed by atoms with Crippen LogP contribution < -0.4 is 35.5 Å². The van der Waals surface area contributed by atoms with Crippen LogP contribution in [0.1, 0.15) is 49.2 Å².